The van der Waals surface area contributed by atoms with Crippen LogP contribution < -0.4 is 0 Å². The number of halogens is 4. The van der Waals surface area contributed by atoms with Gasteiger partial charge in [-0.2, -0.15) is 0 Å². The zero-order valence-corrected chi connectivity index (χ0v) is 13.9. The molecule has 0 saturated carbocycles. The summed E-state index contributed by atoms with van der Waals surface area (Å²) < 4.78 is 5.55. The molecule has 0 spiro atoms. The van der Waals surface area contributed by atoms with Gasteiger partial charge in [-0.25, -0.2) is 0 Å². The lowest BCUT2D eigenvalue weighted by molar-refractivity contribution is 0.0359. The Hall–Kier alpha value is 1.12. The number of alkyl halides is 4. The molecule has 104 valence electrons. The molecule has 4 unspecified atom stereocenters. The van der Waals surface area contributed by atoms with Crippen LogP contribution in [0.4, 0.5) is 0 Å². The molecule has 0 amide bonds. The fourth-order valence-corrected chi connectivity index (χ4v) is 2.55. The van der Waals surface area contributed by atoms with Gasteiger partial charge in [-0.05, 0) is 26.7 Å². The van der Waals surface area contributed by atoms with E-state index < -0.39 is 20.9 Å². The van der Waals surface area contributed by atoms with Crippen LogP contribution >= 0.6 is 46.4 Å². The molecule has 0 bridgehead atoms. The van der Waals surface area contributed by atoms with Crippen molar-refractivity contribution >= 4 is 46.4 Å². The first kappa shape index (κ1) is 18.1. The molecule has 5 heteroatoms. The van der Waals surface area contributed by atoms with E-state index >= 15 is 0 Å². The highest BCUT2D eigenvalue weighted by atomic mass is 35.5. The highest BCUT2D eigenvalue weighted by Crippen LogP contribution is 2.36. The van der Waals surface area contributed by atoms with Crippen molar-refractivity contribution in [1.29, 1.82) is 0 Å². The molecule has 0 aromatic heterocycles. The normalized spacial score (nSPS) is 22.6. The van der Waals surface area contributed by atoms with Crippen LogP contribution in [0.25, 0.3) is 0 Å². The minimum atomic E-state index is -0.651. The predicted octanol–water partition coefficient (Wildman–Crippen LogP) is 5.73. The highest BCUT2D eigenvalue weighted by molar-refractivity contribution is 6.33. The first-order valence-corrected chi connectivity index (χ1v) is 7.61. The molecule has 0 saturated heterocycles. The third kappa shape index (κ3) is 6.20. The molecule has 17 heavy (non-hydrogen) atoms. The Morgan fingerprint density at radius 2 is 1.18 bits per heavy atom. The van der Waals surface area contributed by atoms with E-state index in [2.05, 4.69) is 0 Å². The molecule has 0 radical (unpaired) electrons. The van der Waals surface area contributed by atoms with Crippen LogP contribution in [0.1, 0.15) is 53.4 Å². The van der Waals surface area contributed by atoms with Gasteiger partial charge >= 0.3 is 0 Å². The van der Waals surface area contributed by atoms with Gasteiger partial charge in [-0.3, -0.25) is 0 Å². The van der Waals surface area contributed by atoms with Crippen molar-refractivity contribution in [2.75, 3.05) is 0 Å². The Morgan fingerprint density at radius 3 is 1.41 bits per heavy atom. The summed E-state index contributed by atoms with van der Waals surface area (Å²) in [4.78, 5) is -1.24. The highest BCUT2D eigenvalue weighted by Gasteiger charge is 2.37. The summed E-state index contributed by atoms with van der Waals surface area (Å²) in [6, 6.07) is 0. The van der Waals surface area contributed by atoms with E-state index in [0.717, 1.165) is 25.7 Å². The summed E-state index contributed by atoms with van der Waals surface area (Å²) in [6.45, 7) is 7.80. The van der Waals surface area contributed by atoms with Crippen molar-refractivity contribution in [1.82, 2.24) is 0 Å². The van der Waals surface area contributed by atoms with E-state index in [4.69, 9.17) is 51.1 Å². The Labute approximate surface area is 125 Å². The van der Waals surface area contributed by atoms with Crippen LogP contribution in [-0.2, 0) is 4.74 Å². The molecule has 0 aromatic carbocycles. The maximum Gasteiger partial charge on any atom is 0.152 e. The molecule has 1 nitrogen and oxygen atoms in total. The van der Waals surface area contributed by atoms with E-state index in [1.54, 1.807) is 0 Å². The summed E-state index contributed by atoms with van der Waals surface area (Å²) in [7, 11) is 0. The van der Waals surface area contributed by atoms with Crippen LogP contribution in [-0.4, -0.2) is 20.9 Å². The van der Waals surface area contributed by atoms with Crippen molar-refractivity contribution in [3.8, 4) is 0 Å². The topological polar surface area (TPSA) is 9.23 Å². The molecule has 0 aliphatic carbocycles. The van der Waals surface area contributed by atoms with Gasteiger partial charge in [0.25, 0.3) is 0 Å². The third-order valence-electron chi connectivity index (χ3n) is 2.66. The number of hydrogen-bond acceptors (Lipinski definition) is 1. The minimum absolute atomic E-state index is 0.622. The average Bonchev–Trinajstić information content (AvgIpc) is 2.17. The van der Waals surface area contributed by atoms with Crippen LogP contribution in [0, 0.1) is 0 Å². The minimum Gasteiger partial charge on any atom is -0.340 e. The molecular formula is C12H22Cl4O. The lowest BCUT2D eigenvalue weighted by atomic mass is 10.0. The summed E-state index contributed by atoms with van der Waals surface area (Å²) in [5, 5.41) is 0. The van der Waals surface area contributed by atoms with E-state index in [1.807, 2.05) is 27.7 Å². The van der Waals surface area contributed by atoms with Crippen molar-refractivity contribution in [2.45, 2.75) is 74.3 Å². The average molecular weight is 324 g/mol. The van der Waals surface area contributed by atoms with Crippen LogP contribution in [0.2, 0.25) is 0 Å². The predicted molar refractivity (Wildman–Crippen MR) is 78.7 cm³/mol. The van der Waals surface area contributed by atoms with Crippen molar-refractivity contribution in [2.24, 2.45) is 0 Å². The second-order valence-corrected chi connectivity index (χ2v) is 7.34. The number of rotatable bonds is 8. The second kappa shape index (κ2) is 7.65. The van der Waals surface area contributed by atoms with Gasteiger partial charge in [0.15, 0.2) is 11.1 Å². The lowest BCUT2D eigenvalue weighted by Gasteiger charge is -2.33. The molecule has 0 aromatic rings. The van der Waals surface area contributed by atoms with Crippen LogP contribution in [0.5, 0.6) is 0 Å². The lowest BCUT2D eigenvalue weighted by Crippen LogP contribution is -2.40. The largest absolute Gasteiger partial charge is 0.340 e. The van der Waals surface area contributed by atoms with Crippen molar-refractivity contribution in [3.05, 3.63) is 0 Å². The fraction of sp³-hybridized carbons (Fsp3) is 1.00. The Kier molecular flexibility index (Phi) is 8.15. The number of ether oxygens (including phenoxy) is 1. The fourth-order valence-electron chi connectivity index (χ4n) is 1.59. The molecule has 0 rings (SSSR count). The zero-order valence-electron chi connectivity index (χ0n) is 10.9. The van der Waals surface area contributed by atoms with Crippen molar-refractivity contribution < 1.29 is 4.74 Å². The summed E-state index contributed by atoms with van der Waals surface area (Å²) in [5.74, 6) is 0. The van der Waals surface area contributed by atoms with Crippen LogP contribution in [0.15, 0.2) is 0 Å². The van der Waals surface area contributed by atoms with E-state index in [9.17, 15) is 0 Å². The van der Waals surface area contributed by atoms with Crippen molar-refractivity contribution in [3.63, 3.8) is 0 Å². The Balaban J connectivity index is 4.42. The maximum atomic E-state index is 6.30. The number of hydrogen-bond donors (Lipinski definition) is 0. The molecular weight excluding hydrogens is 302 g/mol. The molecule has 0 aliphatic heterocycles. The molecule has 0 heterocycles. The monoisotopic (exact) mass is 322 g/mol. The first-order valence-electron chi connectivity index (χ1n) is 5.98. The third-order valence-corrected chi connectivity index (χ3v) is 4.83. The summed E-state index contributed by atoms with van der Waals surface area (Å²) in [5.41, 5.74) is -1.30. The van der Waals surface area contributed by atoms with Gasteiger partial charge < -0.3 is 4.74 Å². The van der Waals surface area contributed by atoms with E-state index in [1.165, 1.54) is 0 Å². The SMILES string of the molecule is CCCC(C)(Cl)C(Cl)OC(Cl)C(C)(Cl)CCC. The van der Waals surface area contributed by atoms with Gasteiger partial charge in [0.1, 0.15) is 0 Å². The van der Waals surface area contributed by atoms with Crippen LogP contribution in [0.3, 0.4) is 0 Å². The molecule has 0 N–H and O–H groups in total. The van der Waals surface area contributed by atoms with Gasteiger partial charge in [0, 0.05) is 0 Å². The Morgan fingerprint density at radius 1 is 0.882 bits per heavy atom. The van der Waals surface area contributed by atoms with Gasteiger partial charge in [0.05, 0.1) is 9.75 Å². The standard InChI is InChI=1S/C12H22Cl4O/c1-5-7-11(3,15)9(13)17-10(14)12(4,16)8-6-2/h9-10H,5-8H2,1-4H3. The van der Waals surface area contributed by atoms with Gasteiger partial charge in [0.2, 0.25) is 0 Å². The molecule has 0 aliphatic rings. The zero-order chi connectivity index (χ0) is 13.7. The smallest absolute Gasteiger partial charge is 0.152 e. The van der Waals surface area contributed by atoms with E-state index in [-0.39, 0.29) is 0 Å². The first-order chi connectivity index (χ1) is 7.67. The Bertz CT molecular complexity index is 197. The maximum absolute atomic E-state index is 6.30. The van der Waals surface area contributed by atoms with Gasteiger partial charge in [-0.1, -0.05) is 49.9 Å². The summed E-state index contributed by atoms with van der Waals surface area (Å²) in [6.07, 6.45) is 3.40. The molecule has 0 fully saturated rings. The summed E-state index contributed by atoms with van der Waals surface area (Å²) >= 11 is 24.9. The quantitative estimate of drug-likeness (QED) is 0.518. The second-order valence-electron chi connectivity index (χ2n) is 4.82. The molecule has 4 atom stereocenters. The van der Waals surface area contributed by atoms with E-state index in [0.29, 0.717) is 0 Å². The van der Waals surface area contributed by atoms with Gasteiger partial charge in [-0.15, -0.1) is 23.2 Å².